The van der Waals surface area contributed by atoms with Gasteiger partial charge in [0.05, 0.1) is 18.1 Å². The third kappa shape index (κ3) is 2.92. The molecule has 7 heteroatoms. The van der Waals surface area contributed by atoms with Gasteiger partial charge in [-0.1, -0.05) is 0 Å². The van der Waals surface area contributed by atoms with E-state index in [0.717, 1.165) is 7.11 Å². The highest BCUT2D eigenvalue weighted by atomic mass is 32.2. The molecule has 6 nitrogen and oxygen atoms in total. The van der Waals surface area contributed by atoms with Crippen molar-refractivity contribution in [2.24, 2.45) is 0 Å². The standard InChI is InChI=1S/C8H13NO5S/c1-14-8(11)7(10)9-5-6-3-2-4-15(6,12)13/h6H,2-5H2,1H3,(H,9,10). The third-order valence-electron chi connectivity index (χ3n) is 2.32. The van der Waals surface area contributed by atoms with Gasteiger partial charge in [0.1, 0.15) is 0 Å². The SMILES string of the molecule is COC(=O)C(=O)NCC1CCCS1(=O)=O. The lowest BCUT2D eigenvalue weighted by Gasteiger charge is -2.09. The second-order valence-electron chi connectivity index (χ2n) is 3.33. The van der Waals surface area contributed by atoms with Crippen molar-refractivity contribution in [3.8, 4) is 0 Å². The molecule has 1 aliphatic heterocycles. The summed E-state index contributed by atoms with van der Waals surface area (Å²) in [4.78, 5) is 21.7. The maximum absolute atomic E-state index is 11.3. The summed E-state index contributed by atoms with van der Waals surface area (Å²) in [5.74, 6) is -1.75. The first-order valence-corrected chi connectivity index (χ1v) is 6.26. The Morgan fingerprint density at radius 1 is 1.47 bits per heavy atom. The van der Waals surface area contributed by atoms with E-state index in [1.54, 1.807) is 0 Å². The van der Waals surface area contributed by atoms with E-state index in [1.807, 2.05) is 0 Å². The Balaban J connectivity index is 2.44. The Bertz CT molecular complexity index is 361. The van der Waals surface area contributed by atoms with E-state index in [-0.39, 0.29) is 12.3 Å². The molecule has 86 valence electrons. The molecule has 1 fully saturated rings. The predicted octanol–water partition coefficient (Wildman–Crippen LogP) is -1.15. The van der Waals surface area contributed by atoms with Crippen LogP contribution in [-0.4, -0.2) is 45.0 Å². The molecule has 1 aliphatic rings. The number of rotatable bonds is 2. The molecule has 0 radical (unpaired) electrons. The van der Waals surface area contributed by atoms with Crippen LogP contribution in [0.15, 0.2) is 0 Å². The summed E-state index contributed by atoms with van der Waals surface area (Å²) in [6.07, 6.45) is 1.14. The molecule has 0 bridgehead atoms. The molecule has 0 spiro atoms. The average Bonchev–Trinajstić information content (AvgIpc) is 2.53. The molecule has 1 atom stereocenters. The molecule has 1 heterocycles. The van der Waals surface area contributed by atoms with Crippen molar-refractivity contribution in [2.75, 3.05) is 19.4 Å². The van der Waals surface area contributed by atoms with Crippen LogP contribution in [0.2, 0.25) is 0 Å². The van der Waals surface area contributed by atoms with E-state index >= 15 is 0 Å². The van der Waals surface area contributed by atoms with Crippen molar-refractivity contribution in [2.45, 2.75) is 18.1 Å². The normalized spacial score (nSPS) is 23.4. The van der Waals surface area contributed by atoms with Gasteiger partial charge in [0, 0.05) is 6.54 Å². The van der Waals surface area contributed by atoms with Crippen LogP contribution in [0.5, 0.6) is 0 Å². The highest BCUT2D eigenvalue weighted by Crippen LogP contribution is 2.18. The Morgan fingerprint density at radius 2 is 2.13 bits per heavy atom. The summed E-state index contributed by atoms with van der Waals surface area (Å²) in [6, 6.07) is 0. The largest absolute Gasteiger partial charge is 0.462 e. The van der Waals surface area contributed by atoms with Crippen molar-refractivity contribution in [1.82, 2.24) is 5.32 Å². The summed E-state index contributed by atoms with van der Waals surface area (Å²) in [6.45, 7) is -0.0176. The van der Waals surface area contributed by atoms with Gasteiger partial charge in [0.15, 0.2) is 9.84 Å². The molecule has 0 aromatic carbocycles. The van der Waals surface area contributed by atoms with Gasteiger partial charge in [-0.3, -0.25) is 4.79 Å². The van der Waals surface area contributed by atoms with E-state index in [1.165, 1.54) is 0 Å². The predicted molar refractivity (Wildman–Crippen MR) is 51.8 cm³/mol. The molecule has 0 aromatic rings. The summed E-state index contributed by atoms with van der Waals surface area (Å²) in [5.41, 5.74) is 0. The Hall–Kier alpha value is -1.11. The topological polar surface area (TPSA) is 89.5 Å². The van der Waals surface area contributed by atoms with Crippen molar-refractivity contribution < 1.29 is 22.7 Å². The lowest BCUT2D eigenvalue weighted by atomic mass is 10.2. The molecule has 1 amide bonds. The minimum atomic E-state index is -3.08. The maximum atomic E-state index is 11.3. The monoisotopic (exact) mass is 235 g/mol. The molecule has 1 unspecified atom stereocenters. The number of nitrogens with one attached hydrogen (secondary N) is 1. The second kappa shape index (κ2) is 4.61. The maximum Gasteiger partial charge on any atom is 0.396 e. The number of ether oxygens (including phenoxy) is 1. The molecular formula is C8H13NO5S. The number of esters is 1. The van der Waals surface area contributed by atoms with E-state index in [9.17, 15) is 18.0 Å². The fourth-order valence-electron chi connectivity index (χ4n) is 1.46. The van der Waals surface area contributed by atoms with Gasteiger partial charge in [0.2, 0.25) is 0 Å². The van der Waals surface area contributed by atoms with Crippen molar-refractivity contribution >= 4 is 21.7 Å². The van der Waals surface area contributed by atoms with Gasteiger partial charge in [-0.2, -0.15) is 0 Å². The number of carbonyl (C=O) groups is 2. The number of methoxy groups -OCH3 is 1. The van der Waals surface area contributed by atoms with Crippen LogP contribution in [0.1, 0.15) is 12.8 Å². The molecule has 1 saturated heterocycles. The molecular weight excluding hydrogens is 222 g/mol. The first-order chi connectivity index (χ1) is 6.97. The first-order valence-electron chi connectivity index (χ1n) is 4.55. The van der Waals surface area contributed by atoms with E-state index < -0.39 is 27.0 Å². The van der Waals surface area contributed by atoms with E-state index in [0.29, 0.717) is 12.8 Å². The highest BCUT2D eigenvalue weighted by molar-refractivity contribution is 7.92. The van der Waals surface area contributed by atoms with Crippen LogP contribution in [0, 0.1) is 0 Å². The zero-order valence-corrected chi connectivity index (χ0v) is 9.17. The number of hydrogen-bond acceptors (Lipinski definition) is 5. The summed E-state index contributed by atoms with van der Waals surface area (Å²) >= 11 is 0. The van der Waals surface area contributed by atoms with E-state index in [4.69, 9.17) is 0 Å². The molecule has 0 saturated carbocycles. The van der Waals surface area contributed by atoms with Crippen LogP contribution in [-0.2, 0) is 24.2 Å². The van der Waals surface area contributed by atoms with Gasteiger partial charge in [-0.15, -0.1) is 0 Å². The number of hydrogen-bond donors (Lipinski definition) is 1. The van der Waals surface area contributed by atoms with Gasteiger partial charge < -0.3 is 10.1 Å². The molecule has 0 aliphatic carbocycles. The Kier molecular flexibility index (Phi) is 3.67. The Labute approximate surface area is 87.9 Å². The first kappa shape index (κ1) is 12.0. The van der Waals surface area contributed by atoms with E-state index in [2.05, 4.69) is 10.1 Å². The van der Waals surface area contributed by atoms with Crippen LogP contribution in [0.25, 0.3) is 0 Å². The van der Waals surface area contributed by atoms with Gasteiger partial charge in [0.25, 0.3) is 0 Å². The number of amides is 1. The quantitative estimate of drug-likeness (QED) is 0.482. The van der Waals surface area contributed by atoms with Crippen LogP contribution < -0.4 is 5.32 Å². The van der Waals surface area contributed by atoms with Crippen LogP contribution >= 0.6 is 0 Å². The van der Waals surface area contributed by atoms with Crippen molar-refractivity contribution in [1.29, 1.82) is 0 Å². The van der Waals surface area contributed by atoms with Crippen molar-refractivity contribution in [3.05, 3.63) is 0 Å². The Morgan fingerprint density at radius 3 is 2.60 bits per heavy atom. The van der Waals surface area contributed by atoms with Crippen molar-refractivity contribution in [3.63, 3.8) is 0 Å². The van der Waals surface area contributed by atoms with Gasteiger partial charge in [-0.05, 0) is 12.8 Å². The lowest BCUT2D eigenvalue weighted by molar-refractivity contribution is -0.152. The van der Waals surface area contributed by atoms with Gasteiger partial charge >= 0.3 is 11.9 Å². The number of sulfone groups is 1. The minimum Gasteiger partial charge on any atom is -0.462 e. The average molecular weight is 235 g/mol. The lowest BCUT2D eigenvalue weighted by Crippen LogP contribution is -2.38. The molecule has 1 rings (SSSR count). The highest BCUT2D eigenvalue weighted by Gasteiger charge is 2.31. The fraction of sp³-hybridized carbons (Fsp3) is 0.750. The second-order valence-corrected chi connectivity index (χ2v) is 5.73. The smallest absolute Gasteiger partial charge is 0.396 e. The molecule has 15 heavy (non-hydrogen) atoms. The fourth-order valence-corrected chi connectivity index (χ4v) is 3.22. The number of carbonyl (C=O) groups excluding carboxylic acids is 2. The zero-order valence-electron chi connectivity index (χ0n) is 8.36. The zero-order chi connectivity index (χ0) is 11.5. The third-order valence-corrected chi connectivity index (χ3v) is 4.60. The van der Waals surface area contributed by atoms with Crippen LogP contribution in [0.4, 0.5) is 0 Å². The minimum absolute atomic E-state index is 0.0176. The summed E-state index contributed by atoms with van der Waals surface area (Å²) < 4.78 is 26.9. The molecule has 1 N–H and O–H groups in total. The summed E-state index contributed by atoms with van der Waals surface area (Å²) in [7, 11) is -1.99. The summed E-state index contributed by atoms with van der Waals surface area (Å²) in [5, 5.41) is 1.67. The molecule has 0 aromatic heterocycles. The van der Waals surface area contributed by atoms with Crippen LogP contribution in [0.3, 0.4) is 0 Å². The van der Waals surface area contributed by atoms with Gasteiger partial charge in [-0.25, -0.2) is 13.2 Å².